The summed E-state index contributed by atoms with van der Waals surface area (Å²) in [5, 5.41) is 11.6. The second kappa shape index (κ2) is 7.83. The van der Waals surface area contributed by atoms with Crippen molar-refractivity contribution in [2.45, 2.75) is 51.7 Å². The summed E-state index contributed by atoms with van der Waals surface area (Å²) in [5.74, 6) is -1.34. The fourth-order valence-corrected chi connectivity index (χ4v) is 1.70. The summed E-state index contributed by atoms with van der Waals surface area (Å²) in [7, 11) is 0. The zero-order valence-electron chi connectivity index (χ0n) is 12.7. The summed E-state index contributed by atoms with van der Waals surface area (Å²) in [6.45, 7) is 5.97. The Morgan fingerprint density at radius 3 is 2.67 bits per heavy atom. The maximum Gasteiger partial charge on any atom is 0.326 e. The molecule has 1 rings (SSSR count). The summed E-state index contributed by atoms with van der Waals surface area (Å²) in [6.07, 6.45) is 4.09. The molecule has 0 aromatic carbocycles. The first-order valence-corrected chi connectivity index (χ1v) is 6.95. The van der Waals surface area contributed by atoms with E-state index in [1.165, 1.54) is 6.26 Å². The highest BCUT2D eigenvalue weighted by molar-refractivity contribution is 5.83. The van der Waals surface area contributed by atoms with Gasteiger partial charge in [-0.1, -0.05) is 0 Å². The molecule has 1 aromatic rings. The monoisotopic (exact) mass is 297 g/mol. The number of ether oxygens (including phenoxy) is 1. The van der Waals surface area contributed by atoms with E-state index >= 15 is 0 Å². The molecule has 1 unspecified atom stereocenters. The topological polar surface area (TPSA) is 88.8 Å². The lowest BCUT2D eigenvalue weighted by Gasteiger charge is -2.21. The van der Waals surface area contributed by atoms with Gasteiger partial charge < -0.3 is 19.6 Å². The predicted octanol–water partition coefficient (Wildman–Crippen LogP) is 1.99. The summed E-state index contributed by atoms with van der Waals surface area (Å²) in [6, 6.07) is 0.850. The van der Waals surface area contributed by atoms with Crippen molar-refractivity contribution in [1.29, 1.82) is 0 Å². The number of hydrogen-bond donors (Lipinski definition) is 2. The molecule has 0 spiro atoms. The van der Waals surface area contributed by atoms with E-state index in [1.54, 1.807) is 12.3 Å². The van der Waals surface area contributed by atoms with E-state index in [2.05, 4.69) is 5.32 Å². The highest BCUT2D eigenvalue weighted by Gasteiger charge is 2.21. The second-order valence-corrected chi connectivity index (χ2v) is 5.84. The molecule has 1 aromatic heterocycles. The van der Waals surface area contributed by atoms with Gasteiger partial charge in [0.1, 0.15) is 6.04 Å². The van der Waals surface area contributed by atoms with Crippen LogP contribution >= 0.6 is 0 Å². The Labute approximate surface area is 124 Å². The van der Waals surface area contributed by atoms with Crippen LogP contribution in [-0.4, -0.2) is 35.2 Å². The molecule has 0 bridgehead atoms. The molecule has 1 amide bonds. The van der Waals surface area contributed by atoms with Gasteiger partial charge in [-0.25, -0.2) is 4.79 Å². The van der Waals surface area contributed by atoms with Crippen LogP contribution in [0, 0.1) is 0 Å². The van der Waals surface area contributed by atoms with E-state index in [4.69, 9.17) is 14.3 Å². The number of carbonyl (C=O) groups is 2. The average Bonchev–Trinajstić information content (AvgIpc) is 2.86. The molecular weight excluding hydrogens is 274 g/mol. The molecular formula is C15H23NO5. The van der Waals surface area contributed by atoms with Crippen LogP contribution < -0.4 is 5.32 Å². The van der Waals surface area contributed by atoms with Gasteiger partial charge in [-0.15, -0.1) is 0 Å². The number of carboxylic acid groups (broad SMARTS) is 1. The van der Waals surface area contributed by atoms with Crippen LogP contribution in [0.4, 0.5) is 0 Å². The number of aliphatic carboxylic acids is 1. The normalized spacial score (nSPS) is 12.9. The van der Waals surface area contributed by atoms with Gasteiger partial charge in [0, 0.05) is 19.4 Å². The minimum atomic E-state index is -1.05. The molecule has 0 saturated carbocycles. The van der Waals surface area contributed by atoms with Crippen molar-refractivity contribution in [3.05, 3.63) is 24.2 Å². The first-order valence-electron chi connectivity index (χ1n) is 6.95. The van der Waals surface area contributed by atoms with Gasteiger partial charge in [0.2, 0.25) is 5.91 Å². The fraction of sp³-hybridized carbons (Fsp3) is 0.600. The molecule has 6 nitrogen and oxygen atoms in total. The Hall–Kier alpha value is -1.82. The smallest absolute Gasteiger partial charge is 0.326 e. The maximum absolute atomic E-state index is 11.8. The molecule has 118 valence electrons. The molecule has 21 heavy (non-hydrogen) atoms. The zero-order chi connectivity index (χ0) is 15.9. The Morgan fingerprint density at radius 1 is 1.43 bits per heavy atom. The Bertz CT molecular complexity index is 447. The SMILES string of the molecule is CC(C)(C)OCCC(NC(=O)CCc1ccoc1)C(=O)O. The molecule has 1 heterocycles. The first kappa shape index (κ1) is 17.2. The Morgan fingerprint density at radius 2 is 2.14 bits per heavy atom. The van der Waals surface area contributed by atoms with Crippen molar-refractivity contribution in [3.63, 3.8) is 0 Å². The lowest BCUT2D eigenvalue weighted by atomic mass is 10.1. The number of furan rings is 1. The summed E-state index contributed by atoms with van der Waals surface area (Å²) >= 11 is 0. The molecule has 0 radical (unpaired) electrons. The van der Waals surface area contributed by atoms with Crippen LogP contribution in [0.1, 0.15) is 39.2 Å². The predicted molar refractivity (Wildman–Crippen MR) is 76.9 cm³/mol. The summed E-state index contributed by atoms with van der Waals surface area (Å²) in [4.78, 5) is 22.9. The van der Waals surface area contributed by atoms with E-state index in [-0.39, 0.29) is 31.0 Å². The van der Waals surface area contributed by atoms with Gasteiger partial charge in [0.25, 0.3) is 0 Å². The van der Waals surface area contributed by atoms with Crippen LogP contribution in [0.2, 0.25) is 0 Å². The second-order valence-electron chi connectivity index (χ2n) is 5.84. The minimum absolute atomic E-state index is 0.226. The molecule has 0 aliphatic carbocycles. The molecule has 0 aliphatic rings. The lowest BCUT2D eigenvalue weighted by molar-refractivity contribution is -0.142. The molecule has 0 saturated heterocycles. The van der Waals surface area contributed by atoms with Gasteiger partial charge in [-0.2, -0.15) is 0 Å². The standard InChI is InChI=1S/C15H23NO5/c1-15(2,3)21-9-7-12(14(18)19)16-13(17)5-4-11-6-8-20-10-11/h6,8,10,12H,4-5,7,9H2,1-3H3,(H,16,17)(H,18,19). The minimum Gasteiger partial charge on any atom is -0.480 e. The van der Waals surface area contributed by atoms with Gasteiger partial charge in [0.05, 0.1) is 18.1 Å². The third-order valence-electron chi connectivity index (χ3n) is 2.80. The highest BCUT2D eigenvalue weighted by atomic mass is 16.5. The van der Waals surface area contributed by atoms with E-state index in [0.29, 0.717) is 6.42 Å². The van der Waals surface area contributed by atoms with Crippen molar-refractivity contribution >= 4 is 11.9 Å². The number of rotatable bonds is 8. The molecule has 0 aliphatic heterocycles. The quantitative estimate of drug-likeness (QED) is 0.766. The first-order chi connectivity index (χ1) is 9.78. The van der Waals surface area contributed by atoms with Crippen LogP contribution in [0.15, 0.2) is 23.0 Å². The van der Waals surface area contributed by atoms with Gasteiger partial charge in [-0.3, -0.25) is 4.79 Å². The van der Waals surface area contributed by atoms with Crippen LogP contribution in [0.3, 0.4) is 0 Å². The van der Waals surface area contributed by atoms with Crippen molar-refractivity contribution in [2.75, 3.05) is 6.61 Å². The fourth-order valence-electron chi connectivity index (χ4n) is 1.70. The van der Waals surface area contributed by atoms with E-state index in [9.17, 15) is 9.59 Å². The number of amides is 1. The number of aryl methyl sites for hydroxylation is 1. The molecule has 1 atom stereocenters. The van der Waals surface area contributed by atoms with E-state index in [1.807, 2.05) is 20.8 Å². The van der Waals surface area contributed by atoms with Crippen molar-refractivity contribution in [3.8, 4) is 0 Å². The third-order valence-corrected chi connectivity index (χ3v) is 2.80. The van der Waals surface area contributed by atoms with Gasteiger partial charge in [-0.05, 0) is 38.8 Å². The van der Waals surface area contributed by atoms with Crippen LogP contribution in [0.5, 0.6) is 0 Å². The van der Waals surface area contributed by atoms with Gasteiger partial charge >= 0.3 is 5.97 Å². The van der Waals surface area contributed by atoms with E-state index < -0.39 is 12.0 Å². The zero-order valence-corrected chi connectivity index (χ0v) is 12.7. The van der Waals surface area contributed by atoms with Gasteiger partial charge in [0.15, 0.2) is 0 Å². The van der Waals surface area contributed by atoms with Crippen molar-refractivity contribution in [2.24, 2.45) is 0 Å². The summed E-state index contributed by atoms with van der Waals surface area (Å²) in [5.41, 5.74) is 0.585. The largest absolute Gasteiger partial charge is 0.480 e. The maximum atomic E-state index is 11.8. The number of hydrogen-bond acceptors (Lipinski definition) is 4. The Kier molecular flexibility index (Phi) is 6.42. The lowest BCUT2D eigenvalue weighted by Crippen LogP contribution is -2.42. The third kappa shape index (κ3) is 7.51. The van der Waals surface area contributed by atoms with Crippen LogP contribution in [-0.2, 0) is 20.7 Å². The highest BCUT2D eigenvalue weighted by Crippen LogP contribution is 2.08. The van der Waals surface area contributed by atoms with E-state index in [0.717, 1.165) is 5.56 Å². The molecule has 0 fully saturated rings. The molecule has 6 heteroatoms. The summed E-state index contributed by atoms with van der Waals surface area (Å²) < 4.78 is 10.4. The number of carbonyl (C=O) groups excluding carboxylic acids is 1. The number of nitrogens with one attached hydrogen (secondary N) is 1. The van der Waals surface area contributed by atoms with Crippen molar-refractivity contribution in [1.82, 2.24) is 5.32 Å². The van der Waals surface area contributed by atoms with Crippen molar-refractivity contribution < 1.29 is 23.8 Å². The number of carboxylic acids is 1. The van der Waals surface area contributed by atoms with Crippen LogP contribution in [0.25, 0.3) is 0 Å². The molecule has 2 N–H and O–H groups in total. The Balaban J connectivity index is 2.35. The average molecular weight is 297 g/mol.